The predicted octanol–water partition coefficient (Wildman–Crippen LogP) is -0.282. The van der Waals surface area contributed by atoms with E-state index in [-0.39, 0.29) is 16.8 Å². The van der Waals surface area contributed by atoms with Crippen molar-refractivity contribution >= 4 is 40.7 Å². The van der Waals surface area contributed by atoms with E-state index in [0.717, 1.165) is 16.9 Å². The van der Waals surface area contributed by atoms with Crippen LogP contribution in [0.25, 0.3) is 10.6 Å². The molecule has 0 fully saturated rings. The van der Waals surface area contributed by atoms with Gasteiger partial charge in [0.05, 0.1) is 21.5 Å². The highest BCUT2D eigenvalue weighted by molar-refractivity contribution is 7.98. The number of hydrogen-bond acceptors (Lipinski definition) is 10. The Morgan fingerprint density at radius 2 is 1.92 bits per heavy atom. The molecule has 0 atom stereocenters. The number of esters is 1. The molecule has 1 aromatic carbocycles. The van der Waals surface area contributed by atoms with Crippen molar-refractivity contribution in [3.63, 3.8) is 0 Å². The van der Waals surface area contributed by atoms with Crippen LogP contribution in [0.1, 0.15) is 17.3 Å². The summed E-state index contributed by atoms with van der Waals surface area (Å²) in [6, 6.07) is 7.23. The quantitative estimate of drug-likeness (QED) is 0.485. The molecule has 0 aliphatic rings. The molecular formula is C14H14Cl2N2O6S2. The van der Waals surface area contributed by atoms with Gasteiger partial charge >= 0.3 is 5.97 Å². The van der Waals surface area contributed by atoms with Crippen molar-refractivity contribution in [3.05, 3.63) is 39.5 Å². The molecule has 0 amide bonds. The second-order valence-electron chi connectivity index (χ2n) is 4.36. The van der Waals surface area contributed by atoms with Crippen molar-refractivity contribution in [2.75, 3.05) is 12.9 Å². The summed E-state index contributed by atoms with van der Waals surface area (Å²) < 4.78 is 37.9. The van der Waals surface area contributed by atoms with Gasteiger partial charge in [0.15, 0.2) is 0 Å². The first-order valence-electron chi connectivity index (χ1n) is 6.76. The van der Waals surface area contributed by atoms with Gasteiger partial charge in [-0.1, -0.05) is 35.1 Å². The maximum Gasteiger partial charge on any atom is 0.343 e. The zero-order valence-corrected chi connectivity index (χ0v) is 16.7. The Morgan fingerprint density at radius 3 is 2.38 bits per heavy atom. The summed E-state index contributed by atoms with van der Waals surface area (Å²) >= 11 is 8.34. The van der Waals surface area contributed by atoms with Crippen LogP contribution in [-0.4, -0.2) is 28.5 Å². The first kappa shape index (κ1) is 22.8. The minimum Gasteiger partial charge on any atom is -0.462 e. The fourth-order valence-electron chi connectivity index (χ4n) is 1.66. The van der Waals surface area contributed by atoms with Gasteiger partial charge in [-0.05, 0) is 25.3 Å². The monoisotopic (exact) mass is 440 g/mol. The molecule has 0 saturated heterocycles. The lowest BCUT2D eigenvalue weighted by Gasteiger charge is -2.08. The van der Waals surface area contributed by atoms with Crippen LogP contribution >= 0.6 is 34.7 Å². The third kappa shape index (κ3) is 7.56. The third-order valence-corrected chi connectivity index (χ3v) is 4.47. The van der Waals surface area contributed by atoms with E-state index < -0.39 is 16.2 Å². The SMILES string of the molecule is CCOC(=O)c1c(SC)nc(-c2ccc(Cl)cc2)sc1=N.[O-][Cl+3]([O-])([O-])O. The van der Waals surface area contributed by atoms with Crippen molar-refractivity contribution < 1.29 is 38.4 Å². The summed E-state index contributed by atoms with van der Waals surface area (Å²) in [5.41, 5.74) is 1.09. The molecule has 0 aliphatic carbocycles. The molecule has 26 heavy (non-hydrogen) atoms. The molecule has 2 N–H and O–H groups in total. The number of halogens is 2. The van der Waals surface area contributed by atoms with Crippen LogP contribution in [0.4, 0.5) is 0 Å². The van der Waals surface area contributed by atoms with Crippen LogP contribution in [0.5, 0.6) is 0 Å². The van der Waals surface area contributed by atoms with E-state index >= 15 is 0 Å². The van der Waals surface area contributed by atoms with Crippen molar-refractivity contribution in [1.29, 1.82) is 5.41 Å². The number of thioether (sulfide) groups is 1. The molecule has 0 aliphatic heterocycles. The minimum atomic E-state index is -4.69. The number of aromatic nitrogens is 1. The van der Waals surface area contributed by atoms with Gasteiger partial charge in [0.2, 0.25) is 0 Å². The lowest BCUT2D eigenvalue weighted by atomic mass is 10.2. The second-order valence-corrected chi connectivity index (χ2v) is 7.38. The molecule has 0 bridgehead atoms. The van der Waals surface area contributed by atoms with Gasteiger partial charge in [0, 0.05) is 10.6 Å². The standard InChI is InChI=1S/C14H13ClN2O2S2.ClHO4/c1-3-19-14(18)10-11(16)21-12(17-13(10)20-2)8-4-6-9(15)7-5-8;2-1(3,4)5/h4-7,16H,3H2,1-2H3;(H,2,3,4,5). The first-order valence-corrected chi connectivity index (χ1v) is 10.4. The van der Waals surface area contributed by atoms with Gasteiger partial charge in [-0.25, -0.2) is 9.78 Å². The molecule has 1 aromatic heterocycles. The predicted molar refractivity (Wildman–Crippen MR) is 88.4 cm³/mol. The molecular weight excluding hydrogens is 427 g/mol. The number of ether oxygens (including phenoxy) is 1. The van der Waals surface area contributed by atoms with Crippen LogP contribution in [0.15, 0.2) is 29.3 Å². The largest absolute Gasteiger partial charge is 0.462 e. The normalized spacial score (nSPS) is 10.7. The van der Waals surface area contributed by atoms with Crippen LogP contribution < -0.4 is 18.6 Å². The van der Waals surface area contributed by atoms with E-state index in [4.69, 9.17) is 40.4 Å². The van der Waals surface area contributed by atoms with Crippen molar-refractivity contribution in [2.24, 2.45) is 0 Å². The molecule has 8 nitrogen and oxygen atoms in total. The Hall–Kier alpha value is -1.24. The summed E-state index contributed by atoms with van der Waals surface area (Å²) in [5, 5.41) is 9.91. The van der Waals surface area contributed by atoms with Gasteiger partial charge in [-0.15, -0.1) is 11.8 Å². The van der Waals surface area contributed by atoms with Crippen LogP contribution in [-0.2, 0) is 4.74 Å². The molecule has 0 spiro atoms. The minimum absolute atomic E-state index is 0.151. The van der Waals surface area contributed by atoms with E-state index in [9.17, 15) is 4.79 Å². The van der Waals surface area contributed by atoms with Gasteiger partial charge < -0.3 is 4.74 Å². The highest BCUT2D eigenvalue weighted by atomic mass is 35.7. The summed E-state index contributed by atoms with van der Waals surface area (Å²) in [6.07, 6.45) is 1.82. The molecule has 1 heterocycles. The zero-order chi connectivity index (χ0) is 19.9. The lowest BCUT2D eigenvalue weighted by Crippen LogP contribution is -2.58. The Morgan fingerprint density at radius 1 is 1.38 bits per heavy atom. The number of benzene rings is 1. The van der Waals surface area contributed by atoms with E-state index in [0.29, 0.717) is 15.1 Å². The Labute approximate surface area is 164 Å². The fraction of sp³-hybridized carbons (Fsp3) is 0.214. The van der Waals surface area contributed by atoms with Crippen LogP contribution in [0.2, 0.25) is 5.02 Å². The van der Waals surface area contributed by atoms with Gasteiger partial charge in [-0.3, -0.25) is 5.41 Å². The van der Waals surface area contributed by atoms with Crippen molar-refractivity contribution in [2.45, 2.75) is 11.9 Å². The molecule has 12 heteroatoms. The number of nitrogens with one attached hydrogen (secondary N) is 1. The topological polar surface area (TPSA) is 152 Å². The number of carbonyl (C=O) groups is 1. The molecule has 142 valence electrons. The van der Waals surface area contributed by atoms with Gasteiger partial charge in [0.25, 0.3) is 0 Å². The van der Waals surface area contributed by atoms with E-state index in [1.165, 1.54) is 11.8 Å². The maximum absolute atomic E-state index is 11.9. The number of nitrogens with zero attached hydrogens (tertiary/aromatic N) is 1. The van der Waals surface area contributed by atoms with E-state index in [1.807, 2.05) is 18.4 Å². The summed E-state index contributed by atoms with van der Waals surface area (Å²) in [7, 11) is -4.69. The second kappa shape index (κ2) is 10.2. The number of carbonyl (C=O) groups excluding carboxylic acids is 1. The fourth-order valence-corrected chi connectivity index (χ4v) is 3.35. The van der Waals surface area contributed by atoms with Gasteiger partial charge in [0.1, 0.15) is 20.3 Å². The average molecular weight is 441 g/mol. The summed E-state index contributed by atoms with van der Waals surface area (Å²) in [5.74, 6) is -0.502. The van der Waals surface area contributed by atoms with Crippen LogP contribution in [0.3, 0.4) is 0 Å². The van der Waals surface area contributed by atoms with E-state index in [1.54, 1.807) is 19.1 Å². The average Bonchev–Trinajstić information content (AvgIpc) is 2.53. The highest BCUT2D eigenvalue weighted by Gasteiger charge is 2.18. The maximum atomic E-state index is 11.9. The molecule has 0 saturated carbocycles. The molecule has 0 radical (unpaired) electrons. The van der Waals surface area contributed by atoms with Gasteiger partial charge in [-0.2, -0.15) is 14.0 Å². The van der Waals surface area contributed by atoms with Crippen LogP contribution in [0, 0.1) is 15.7 Å². The Bertz CT molecular complexity index is 803. The molecule has 2 aromatic rings. The number of rotatable bonds is 4. The van der Waals surface area contributed by atoms with E-state index in [2.05, 4.69) is 4.98 Å². The number of hydrogen-bond donors (Lipinski definition) is 2. The Kier molecular flexibility index (Phi) is 8.93. The Balaban J connectivity index is 0.000000597. The third-order valence-electron chi connectivity index (χ3n) is 2.61. The van der Waals surface area contributed by atoms with Crippen molar-refractivity contribution in [3.8, 4) is 10.6 Å². The molecule has 2 rings (SSSR count). The highest BCUT2D eigenvalue weighted by Crippen LogP contribution is 2.26. The summed E-state index contributed by atoms with van der Waals surface area (Å²) in [4.78, 5) is 16.4. The first-order chi connectivity index (χ1) is 12.1. The molecule has 0 unspecified atom stereocenters. The smallest absolute Gasteiger partial charge is 0.343 e. The zero-order valence-electron chi connectivity index (χ0n) is 13.5. The van der Waals surface area contributed by atoms with Crippen molar-refractivity contribution in [1.82, 2.24) is 4.98 Å². The lowest BCUT2D eigenvalue weighted by molar-refractivity contribution is -1.92. The summed E-state index contributed by atoms with van der Waals surface area (Å²) in [6.45, 7) is 2.01.